The van der Waals surface area contributed by atoms with Gasteiger partial charge in [0, 0.05) is 23.1 Å². The Balaban J connectivity index is 0.00000243. The molecule has 136 valence electrons. The quantitative estimate of drug-likeness (QED) is 0.496. The van der Waals surface area contributed by atoms with Crippen molar-refractivity contribution in [2.24, 2.45) is 0 Å². The van der Waals surface area contributed by atoms with Gasteiger partial charge in [-0.15, -0.1) is 12.4 Å². The lowest BCUT2D eigenvalue weighted by Gasteiger charge is -2.09. The molecule has 2 nitrogen and oxygen atoms in total. The number of hydrogen-bond donors (Lipinski definition) is 1. The summed E-state index contributed by atoms with van der Waals surface area (Å²) in [6.07, 6.45) is 0. The molecule has 0 atom stereocenters. The maximum atomic E-state index is 6.16. The van der Waals surface area contributed by atoms with E-state index in [2.05, 4.69) is 17.4 Å². The van der Waals surface area contributed by atoms with Crippen LogP contribution in [0.25, 0.3) is 0 Å². The van der Waals surface area contributed by atoms with Crippen molar-refractivity contribution in [3.63, 3.8) is 0 Å². The molecule has 0 aromatic heterocycles. The van der Waals surface area contributed by atoms with Gasteiger partial charge in [-0.1, -0.05) is 65.7 Å². The van der Waals surface area contributed by atoms with Crippen molar-refractivity contribution in [3.8, 4) is 5.75 Å². The molecular weight excluding hydrogens is 389 g/mol. The van der Waals surface area contributed by atoms with Gasteiger partial charge in [0.2, 0.25) is 0 Å². The van der Waals surface area contributed by atoms with Gasteiger partial charge < -0.3 is 10.1 Å². The van der Waals surface area contributed by atoms with Crippen molar-refractivity contribution in [3.05, 3.63) is 99.5 Å². The van der Waals surface area contributed by atoms with E-state index in [0.29, 0.717) is 6.61 Å². The standard InChI is InChI=1S/C21H19Cl2NO.ClH/c22-19-9-5-17(6-10-19)15-25-20-11-7-16(8-12-20)13-24-14-18-3-1-2-4-21(18)23;/h1-12,24H,13-15H2;1H. The Morgan fingerprint density at radius 2 is 1.38 bits per heavy atom. The van der Waals surface area contributed by atoms with E-state index in [0.717, 1.165) is 40.0 Å². The Morgan fingerprint density at radius 3 is 2.08 bits per heavy atom. The first-order chi connectivity index (χ1) is 12.2. The van der Waals surface area contributed by atoms with Crippen molar-refractivity contribution < 1.29 is 4.74 Å². The van der Waals surface area contributed by atoms with Gasteiger partial charge in [-0.3, -0.25) is 0 Å². The predicted molar refractivity (Wildman–Crippen MR) is 111 cm³/mol. The van der Waals surface area contributed by atoms with Crippen molar-refractivity contribution in [1.29, 1.82) is 0 Å². The zero-order valence-corrected chi connectivity index (χ0v) is 16.5. The number of ether oxygens (including phenoxy) is 1. The largest absolute Gasteiger partial charge is 0.489 e. The van der Waals surface area contributed by atoms with Gasteiger partial charge in [-0.2, -0.15) is 0 Å². The van der Waals surface area contributed by atoms with E-state index in [4.69, 9.17) is 27.9 Å². The summed E-state index contributed by atoms with van der Waals surface area (Å²) in [5.41, 5.74) is 3.40. The number of rotatable bonds is 7. The van der Waals surface area contributed by atoms with E-state index in [1.165, 1.54) is 5.56 Å². The van der Waals surface area contributed by atoms with E-state index in [1.54, 1.807) is 0 Å². The van der Waals surface area contributed by atoms with Gasteiger partial charge in [0.05, 0.1) is 0 Å². The van der Waals surface area contributed by atoms with Gasteiger partial charge in [0.15, 0.2) is 0 Å². The van der Waals surface area contributed by atoms with E-state index < -0.39 is 0 Å². The molecule has 0 radical (unpaired) electrons. The minimum Gasteiger partial charge on any atom is -0.489 e. The van der Waals surface area contributed by atoms with Crippen LogP contribution in [-0.4, -0.2) is 0 Å². The normalized spacial score (nSPS) is 10.2. The third-order valence-electron chi connectivity index (χ3n) is 3.84. The summed E-state index contributed by atoms with van der Waals surface area (Å²) >= 11 is 12.0. The number of hydrogen-bond acceptors (Lipinski definition) is 2. The lowest BCUT2D eigenvalue weighted by molar-refractivity contribution is 0.306. The fourth-order valence-electron chi connectivity index (χ4n) is 2.43. The van der Waals surface area contributed by atoms with Crippen LogP contribution in [0.15, 0.2) is 72.8 Å². The fourth-order valence-corrected chi connectivity index (χ4v) is 2.76. The van der Waals surface area contributed by atoms with Crippen LogP contribution in [0.1, 0.15) is 16.7 Å². The van der Waals surface area contributed by atoms with Crippen molar-refractivity contribution in [1.82, 2.24) is 5.32 Å². The Kier molecular flexibility index (Phi) is 8.27. The molecule has 0 aliphatic heterocycles. The van der Waals surface area contributed by atoms with E-state index in [1.807, 2.05) is 60.7 Å². The van der Waals surface area contributed by atoms with Crippen molar-refractivity contribution in [2.45, 2.75) is 19.7 Å². The van der Waals surface area contributed by atoms with Gasteiger partial charge >= 0.3 is 0 Å². The summed E-state index contributed by atoms with van der Waals surface area (Å²) in [5.74, 6) is 0.852. The van der Waals surface area contributed by atoms with E-state index in [-0.39, 0.29) is 12.4 Å². The molecule has 0 aliphatic carbocycles. The first kappa shape index (κ1) is 20.6. The highest BCUT2D eigenvalue weighted by Gasteiger charge is 2.00. The number of halogens is 3. The van der Waals surface area contributed by atoms with Gasteiger partial charge in [0.25, 0.3) is 0 Å². The number of benzene rings is 3. The molecular formula is C21H20Cl3NO. The lowest BCUT2D eigenvalue weighted by Crippen LogP contribution is -2.12. The molecule has 0 saturated carbocycles. The predicted octanol–water partition coefficient (Wildman–Crippen LogP) is 6.28. The molecule has 5 heteroatoms. The zero-order valence-electron chi connectivity index (χ0n) is 14.1. The van der Waals surface area contributed by atoms with Crippen LogP contribution in [0.2, 0.25) is 10.0 Å². The summed E-state index contributed by atoms with van der Waals surface area (Å²) in [6, 6.07) is 23.7. The second-order valence-corrected chi connectivity index (χ2v) is 6.60. The van der Waals surface area contributed by atoms with Gasteiger partial charge in [-0.05, 0) is 47.0 Å². The molecule has 1 N–H and O–H groups in total. The summed E-state index contributed by atoms with van der Waals surface area (Å²) < 4.78 is 5.80. The monoisotopic (exact) mass is 407 g/mol. The summed E-state index contributed by atoms with van der Waals surface area (Å²) in [7, 11) is 0. The van der Waals surface area contributed by atoms with Crippen LogP contribution in [0.5, 0.6) is 5.75 Å². The molecule has 0 unspecified atom stereocenters. The molecule has 0 saturated heterocycles. The highest BCUT2D eigenvalue weighted by atomic mass is 35.5. The molecule has 0 amide bonds. The summed E-state index contributed by atoms with van der Waals surface area (Å²) in [5, 5.41) is 4.93. The van der Waals surface area contributed by atoms with Crippen LogP contribution in [-0.2, 0) is 19.7 Å². The van der Waals surface area contributed by atoms with Crippen molar-refractivity contribution in [2.75, 3.05) is 0 Å². The van der Waals surface area contributed by atoms with E-state index in [9.17, 15) is 0 Å². The molecule has 0 bridgehead atoms. The highest BCUT2D eigenvalue weighted by Crippen LogP contribution is 2.17. The third-order valence-corrected chi connectivity index (χ3v) is 4.47. The third kappa shape index (κ3) is 6.22. The van der Waals surface area contributed by atoms with Crippen LogP contribution in [0.3, 0.4) is 0 Å². The molecule has 0 aliphatic rings. The zero-order chi connectivity index (χ0) is 17.5. The minimum absolute atomic E-state index is 0. The average Bonchev–Trinajstić information content (AvgIpc) is 2.64. The van der Waals surface area contributed by atoms with E-state index >= 15 is 0 Å². The first-order valence-electron chi connectivity index (χ1n) is 8.11. The summed E-state index contributed by atoms with van der Waals surface area (Å²) in [6.45, 7) is 2.05. The molecule has 3 rings (SSSR count). The van der Waals surface area contributed by atoms with Crippen LogP contribution in [0, 0.1) is 0 Å². The Labute approximate surface area is 170 Å². The second-order valence-electron chi connectivity index (χ2n) is 5.75. The maximum Gasteiger partial charge on any atom is 0.119 e. The summed E-state index contributed by atoms with van der Waals surface area (Å²) in [4.78, 5) is 0. The molecule has 0 spiro atoms. The average molecular weight is 409 g/mol. The Morgan fingerprint density at radius 1 is 0.731 bits per heavy atom. The van der Waals surface area contributed by atoms with Crippen molar-refractivity contribution >= 4 is 35.6 Å². The molecule has 0 heterocycles. The SMILES string of the molecule is Cl.Clc1ccc(COc2ccc(CNCc3ccccc3Cl)cc2)cc1. The Bertz CT molecular complexity index is 804. The molecule has 26 heavy (non-hydrogen) atoms. The van der Waals surface area contributed by atoms with Crippen LogP contribution >= 0.6 is 35.6 Å². The fraction of sp³-hybridized carbons (Fsp3) is 0.143. The van der Waals surface area contributed by atoms with Crippen LogP contribution in [0.4, 0.5) is 0 Å². The number of nitrogens with one attached hydrogen (secondary N) is 1. The maximum absolute atomic E-state index is 6.16. The molecule has 0 fully saturated rings. The van der Waals surface area contributed by atoms with Gasteiger partial charge in [0.1, 0.15) is 12.4 Å². The topological polar surface area (TPSA) is 21.3 Å². The highest BCUT2D eigenvalue weighted by molar-refractivity contribution is 6.31. The molecule has 3 aromatic carbocycles. The minimum atomic E-state index is 0. The first-order valence-corrected chi connectivity index (χ1v) is 8.86. The lowest BCUT2D eigenvalue weighted by atomic mass is 10.2. The van der Waals surface area contributed by atoms with Crippen LogP contribution < -0.4 is 10.1 Å². The molecule has 3 aromatic rings. The second kappa shape index (κ2) is 10.4. The van der Waals surface area contributed by atoms with Gasteiger partial charge in [-0.25, -0.2) is 0 Å². The Hall–Kier alpha value is -1.71. The smallest absolute Gasteiger partial charge is 0.119 e.